The number of likely N-dealkylation sites (tertiary alicyclic amines) is 1. The Morgan fingerprint density at radius 3 is 2.27 bits per heavy atom. The van der Waals surface area contributed by atoms with Crippen molar-refractivity contribution in [2.24, 2.45) is 0 Å². The van der Waals surface area contributed by atoms with E-state index >= 15 is 0 Å². The highest BCUT2D eigenvalue weighted by molar-refractivity contribution is 6.42. The molecule has 8 heteroatoms. The predicted molar refractivity (Wildman–Crippen MR) is 163 cm³/mol. The fourth-order valence-electron chi connectivity index (χ4n) is 6.37. The Hall–Kier alpha value is -3.06. The van der Waals surface area contributed by atoms with Gasteiger partial charge in [0.15, 0.2) is 0 Å². The highest BCUT2D eigenvalue weighted by atomic mass is 35.5. The number of ether oxygens (including phenoxy) is 1. The van der Waals surface area contributed by atoms with Gasteiger partial charge in [-0.25, -0.2) is 4.79 Å². The lowest BCUT2D eigenvalue weighted by atomic mass is 9.75. The number of nitrogens with zero attached hydrogens (tertiary/aromatic N) is 2. The van der Waals surface area contributed by atoms with Gasteiger partial charge in [-0.05, 0) is 61.1 Å². The Morgan fingerprint density at radius 1 is 0.927 bits per heavy atom. The van der Waals surface area contributed by atoms with Crippen LogP contribution in [-0.2, 0) is 27.0 Å². The molecular weight excluding hydrogens is 557 g/mol. The third-order valence-electron chi connectivity index (χ3n) is 8.55. The van der Waals surface area contributed by atoms with Crippen molar-refractivity contribution in [1.29, 1.82) is 0 Å². The van der Waals surface area contributed by atoms with Gasteiger partial charge in [-0.3, -0.25) is 4.79 Å². The highest BCUT2D eigenvalue weighted by Gasteiger charge is 2.42. The second-order valence-electron chi connectivity index (χ2n) is 11.4. The van der Waals surface area contributed by atoms with Crippen molar-refractivity contribution in [3.63, 3.8) is 0 Å². The van der Waals surface area contributed by atoms with Crippen molar-refractivity contribution < 1.29 is 14.3 Å². The molecule has 0 aliphatic carbocycles. The van der Waals surface area contributed by atoms with Crippen LogP contribution in [0.1, 0.15) is 49.3 Å². The van der Waals surface area contributed by atoms with E-state index in [1.54, 1.807) is 11.8 Å². The van der Waals surface area contributed by atoms with E-state index in [1.165, 1.54) is 0 Å². The number of rotatable bonds is 9. The average molecular weight is 595 g/mol. The molecule has 41 heavy (non-hydrogen) atoms. The first kappa shape index (κ1) is 29.4. The van der Waals surface area contributed by atoms with E-state index in [1.807, 2.05) is 66.7 Å². The van der Waals surface area contributed by atoms with Gasteiger partial charge >= 0.3 is 6.09 Å². The topological polar surface area (TPSA) is 61.9 Å². The van der Waals surface area contributed by atoms with Gasteiger partial charge < -0.3 is 19.9 Å². The molecule has 2 amide bonds. The number of carbonyl (C=O) groups is 2. The minimum atomic E-state index is -0.406. The van der Waals surface area contributed by atoms with Crippen LogP contribution < -0.4 is 5.32 Å². The maximum atomic E-state index is 12.8. The summed E-state index contributed by atoms with van der Waals surface area (Å²) in [4.78, 5) is 29.2. The van der Waals surface area contributed by atoms with Crippen molar-refractivity contribution in [3.8, 4) is 0 Å². The van der Waals surface area contributed by atoms with E-state index in [4.69, 9.17) is 27.9 Å². The average Bonchev–Trinajstić information content (AvgIpc) is 2.98. The summed E-state index contributed by atoms with van der Waals surface area (Å²) in [5, 5.41) is 4.27. The zero-order valence-electron chi connectivity index (χ0n) is 23.5. The van der Waals surface area contributed by atoms with Crippen LogP contribution in [0.2, 0.25) is 10.0 Å². The summed E-state index contributed by atoms with van der Waals surface area (Å²) in [7, 11) is 0. The van der Waals surface area contributed by atoms with Crippen molar-refractivity contribution in [3.05, 3.63) is 106 Å². The molecule has 2 fully saturated rings. The molecule has 5 rings (SSSR count). The molecule has 2 aliphatic rings. The largest absolute Gasteiger partial charge is 0.448 e. The van der Waals surface area contributed by atoms with E-state index in [-0.39, 0.29) is 17.5 Å². The number of nitrogens with one attached hydrogen (secondary N) is 1. The van der Waals surface area contributed by atoms with E-state index in [9.17, 15) is 9.59 Å². The molecule has 216 valence electrons. The monoisotopic (exact) mass is 593 g/mol. The normalized spacial score (nSPS) is 20.9. The van der Waals surface area contributed by atoms with Gasteiger partial charge in [0, 0.05) is 38.5 Å². The number of hydrogen-bond acceptors (Lipinski definition) is 4. The summed E-state index contributed by atoms with van der Waals surface area (Å²) >= 11 is 12.7. The van der Waals surface area contributed by atoms with Crippen molar-refractivity contribution in [1.82, 2.24) is 15.1 Å². The molecule has 0 radical (unpaired) electrons. The SMILES string of the molecule is CC(=O)NC1(c2ccccc2)CCN(CCCC2(c3ccc(Cl)c(Cl)c3)COC(=O)N(Cc3ccccc3)C2)CC1. The van der Waals surface area contributed by atoms with Crippen LogP contribution in [0.5, 0.6) is 0 Å². The van der Waals surface area contributed by atoms with E-state index in [2.05, 4.69) is 22.3 Å². The maximum Gasteiger partial charge on any atom is 0.410 e. The number of halogens is 2. The van der Waals surface area contributed by atoms with Crippen LogP contribution in [-0.4, -0.2) is 54.6 Å². The molecule has 2 saturated heterocycles. The van der Waals surface area contributed by atoms with Crippen LogP contribution in [0.15, 0.2) is 78.9 Å². The first-order chi connectivity index (χ1) is 19.8. The molecule has 6 nitrogen and oxygen atoms in total. The predicted octanol–water partition coefficient (Wildman–Crippen LogP) is 6.79. The maximum absolute atomic E-state index is 12.8. The number of amides is 2. The molecule has 0 spiro atoms. The first-order valence-electron chi connectivity index (χ1n) is 14.3. The molecule has 0 bridgehead atoms. The third-order valence-corrected chi connectivity index (χ3v) is 9.29. The van der Waals surface area contributed by atoms with Crippen molar-refractivity contribution in [2.45, 2.75) is 50.1 Å². The minimum Gasteiger partial charge on any atom is -0.448 e. The van der Waals surface area contributed by atoms with Crippen LogP contribution in [0.4, 0.5) is 4.79 Å². The summed E-state index contributed by atoms with van der Waals surface area (Å²) in [6.07, 6.45) is 3.18. The van der Waals surface area contributed by atoms with E-state index < -0.39 is 5.41 Å². The van der Waals surface area contributed by atoms with Crippen molar-refractivity contribution in [2.75, 3.05) is 32.8 Å². The minimum absolute atomic E-state index is 0.00206. The van der Waals surface area contributed by atoms with Gasteiger partial charge in [-0.2, -0.15) is 0 Å². The summed E-state index contributed by atoms with van der Waals surface area (Å²) in [5.41, 5.74) is 2.52. The van der Waals surface area contributed by atoms with Gasteiger partial charge in [0.1, 0.15) is 6.61 Å². The first-order valence-corrected chi connectivity index (χ1v) is 15.0. The summed E-state index contributed by atoms with van der Waals surface area (Å²) in [6.45, 7) is 5.62. The van der Waals surface area contributed by atoms with Gasteiger partial charge in [-0.15, -0.1) is 0 Å². The number of cyclic esters (lactones) is 1. The number of benzene rings is 3. The third kappa shape index (κ3) is 6.88. The Balaban J connectivity index is 1.28. The zero-order chi connectivity index (χ0) is 28.9. The molecule has 2 aliphatic heterocycles. The second kappa shape index (κ2) is 12.8. The van der Waals surface area contributed by atoms with Crippen molar-refractivity contribution >= 4 is 35.2 Å². The van der Waals surface area contributed by atoms with E-state index in [0.29, 0.717) is 29.7 Å². The van der Waals surface area contributed by atoms with Crippen LogP contribution in [0.3, 0.4) is 0 Å². The molecule has 0 aromatic heterocycles. The molecule has 0 saturated carbocycles. The van der Waals surface area contributed by atoms with Gasteiger partial charge in [-0.1, -0.05) is 89.9 Å². The Morgan fingerprint density at radius 2 is 1.61 bits per heavy atom. The van der Waals surface area contributed by atoms with Crippen LogP contribution >= 0.6 is 23.2 Å². The molecule has 3 aromatic rings. The standard InChI is InChI=1S/C33H37Cl2N3O3/c1-25(39)36-33(27-11-6-3-7-12-27)16-19-37(20-17-33)18-8-15-32(28-13-14-29(34)30(35)21-28)23-38(31(40)41-24-32)22-26-9-4-2-5-10-26/h2-7,9-14,21H,8,15-20,22-24H2,1H3,(H,36,39). The fourth-order valence-corrected chi connectivity index (χ4v) is 6.66. The lowest BCUT2D eigenvalue weighted by Crippen LogP contribution is -2.53. The lowest BCUT2D eigenvalue weighted by molar-refractivity contribution is -0.121. The van der Waals surface area contributed by atoms with Crippen LogP contribution in [0, 0.1) is 0 Å². The Bertz CT molecular complexity index is 1350. The van der Waals surface area contributed by atoms with Gasteiger partial charge in [0.2, 0.25) is 5.91 Å². The number of carbonyl (C=O) groups excluding carboxylic acids is 2. The Kier molecular flexibility index (Phi) is 9.22. The van der Waals surface area contributed by atoms with Crippen LogP contribution in [0.25, 0.3) is 0 Å². The Labute approximate surface area is 252 Å². The smallest absolute Gasteiger partial charge is 0.410 e. The quantitative estimate of drug-likeness (QED) is 0.296. The molecule has 1 atom stereocenters. The molecule has 1 N–H and O–H groups in total. The second-order valence-corrected chi connectivity index (χ2v) is 12.2. The molecule has 3 aromatic carbocycles. The number of piperidine rings is 1. The van der Waals surface area contributed by atoms with Gasteiger partial charge in [0.25, 0.3) is 0 Å². The lowest BCUT2D eigenvalue weighted by Gasteiger charge is -2.44. The summed E-state index contributed by atoms with van der Waals surface area (Å²) in [6, 6.07) is 26.0. The molecular formula is C33H37Cl2N3O3. The zero-order valence-corrected chi connectivity index (χ0v) is 25.0. The molecule has 2 heterocycles. The molecule has 1 unspecified atom stereocenters. The number of hydrogen-bond donors (Lipinski definition) is 1. The highest BCUT2D eigenvalue weighted by Crippen LogP contribution is 2.38. The van der Waals surface area contributed by atoms with Gasteiger partial charge in [0.05, 0.1) is 15.6 Å². The summed E-state index contributed by atoms with van der Waals surface area (Å²) < 4.78 is 5.82. The van der Waals surface area contributed by atoms with E-state index in [0.717, 1.165) is 62.0 Å². The fraction of sp³-hybridized carbons (Fsp3) is 0.394. The summed E-state index contributed by atoms with van der Waals surface area (Å²) in [5.74, 6) is -0.00206.